The van der Waals surface area contributed by atoms with Gasteiger partial charge in [-0.2, -0.15) is 0 Å². The fraction of sp³-hybridized carbons (Fsp3) is 0.125. The fourth-order valence-electron chi connectivity index (χ4n) is 1.93. The van der Waals surface area contributed by atoms with Crippen LogP contribution in [0.4, 0.5) is 8.78 Å². The summed E-state index contributed by atoms with van der Waals surface area (Å²) < 4.78 is 54.2. The minimum Gasteiger partial charge on any atom is -0.452 e. The van der Waals surface area contributed by atoms with Crippen LogP contribution in [0.3, 0.4) is 0 Å². The van der Waals surface area contributed by atoms with Crippen molar-refractivity contribution in [2.45, 2.75) is 11.4 Å². The maximum Gasteiger partial charge on any atom is 0.341 e. The van der Waals surface area contributed by atoms with Gasteiger partial charge in [0.25, 0.3) is 5.91 Å². The summed E-state index contributed by atoms with van der Waals surface area (Å²) >= 11 is 0. The molecule has 10 heteroatoms. The van der Waals surface area contributed by atoms with Gasteiger partial charge in [0.15, 0.2) is 6.61 Å². The molecule has 2 aromatic rings. The van der Waals surface area contributed by atoms with Crippen LogP contribution < -0.4 is 10.5 Å². The number of carbonyl (C=O) groups is 2. The first-order valence-electron chi connectivity index (χ1n) is 7.18. The number of sulfonamides is 1. The van der Waals surface area contributed by atoms with Crippen molar-refractivity contribution < 1.29 is 31.5 Å². The highest BCUT2D eigenvalue weighted by Crippen LogP contribution is 2.15. The van der Waals surface area contributed by atoms with E-state index in [1.807, 2.05) is 0 Å². The summed E-state index contributed by atoms with van der Waals surface area (Å²) in [5, 5.41) is 7.24. The van der Waals surface area contributed by atoms with Gasteiger partial charge in [-0.3, -0.25) is 4.79 Å². The Hall–Kier alpha value is -2.85. The minimum atomic E-state index is -4.14. The lowest BCUT2D eigenvalue weighted by Crippen LogP contribution is -2.29. The lowest BCUT2D eigenvalue weighted by Gasteiger charge is -2.08. The number of benzene rings is 2. The molecule has 26 heavy (non-hydrogen) atoms. The average Bonchev–Trinajstić information content (AvgIpc) is 2.58. The molecule has 0 aliphatic carbocycles. The molecule has 1 amide bonds. The van der Waals surface area contributed by atoms with Crippen LogP contribution in [0.1, 0.15) is 15.9 Å². The number of amides is 1. The van der Waals surface area contributed by atoms with Crippen LogP contribution >= 0.6 is 0 Å². The molecular weight excluding hydrogens is 370 g/mol. The molecule has 0 unspecified atom stereocenters. The second kappa shape index (κ2) is 8.02. The number of hydrogen-bond acceptors (Lipinski definition) is 5. The predicted octanol–water partition coefficient (Wildman–Crippen LogP) is 1.09. The first-order chi connectivity index (χ1) is 12.2. The number of rotatable bonds is 6. The first kappa shape index (κ1) is 19.5. The Morgan fingerprint density at radius 1 is 1.08 bits per heavy atom. The van der Waals surface area contributed by atoms with Crippen LogP contribution in [-0.2, 0) is 26.1 Å². The van der Waals surface area contributed by atoms with Crippen molar-refractivity contribution in [3.8, 4) is 0 Å². The topological polar surface area (TPSA) is 116 Å². The summed E-state index contributed by atoms with van der Waals surface area (Å²) in [7, 11) is -4.14. The number of primary sulfonamides is 1. The Bertz CT molecular complexity index is 947. The quantitative estimate of drug-likeness (QED) is 0.724. The van der Waals surface area contributed by atoms with Gasteiger partial charge < -0.3 is 10.1 Å². The van der Waals surface area contributed by atoms with E-state index in [1.165, 1.54) is 18.2 Å². The average molecular weight is 384 g/mol. The maximum atomic E-state index is 13.7. The van der Waals surface area contributed by atoms with E-state index in [0.717, 1.165) is 12.1 Å². The van der Waals surface area contributed by atoms with Gasteiger partial charge in [-0.1, -0.05) is 18.2 Å². The molecule has 0 fully saturated rings. The monoisotopic (exact) mass is 384 g/mol. The van der Waals surface area contributed by atoms with Crippen molar-refractivity contribution in [2.75, 3.05) is 6.61 Å². The van der Waals surface area contributed by atoms with Gasteiger partial charge in [0.05, 0.1) is 10.5 Å². The second-order valence-electron chi connectivity index (χ2n) is 5.13. The number of esters is 1. The number of carbonyl (C=O) groups excluding carboxylic acids is 2. The lowest BCUT2D eigenvalue weighted by atomic mass is 10.2. The Balaban J connectivity index is 1.96. The maximum absolute atomic E-state index is 13.7. The van der Waals surface area contributed by atoms with E-state index in [9.17, 15) is 26.8 Å². The summed E-state index contributed by atoms with van der Waals surface area (Å²) in [6.45, 7) is -0.884. The van der Waals surface area contributed by atoms with E-state index in [1.54, 1.807) is 6.07 Å². The highest BCUT2D eigenvalue weighted by Gasteiger charge is 2.19. The van der Waals surface area contributed by atoms with E-state index < -0.39 is 50.6 Å². The van der Waals surface area contributed by atoms with Crippen molar-refractivity contribution >= 4 is 21.9 Å². The van der Waals surface area contributed by atoms with Crippen molar-refractivity contribution in [3.63, 3.8) is 0 Å². The van der Waals surface area contributed by atoms with E-state index in [2.05, 4.69) is 10.1 Å². The van der Waals surface area contributed by atoms with Crippen molar-refractivity contribution in [1.29, 1.82) is 0 Å². The molecule has 0 aliphatic rings. The van der Waals surface area contributed by atoms with E-state index in [0.29, 0.717) is 6.07 Å². The third kappa shape index (κ3) is 5.07. The SMILES string of the molecule is NS(=O)(=O)c1ccc(F)c(C(=O)OCC(=O)NCc2ccccc2F)c1. The summed E-state index contributed by atoms with van der Waals surface area (Å²) in [6, 6.07) is 8.12. The van der Waals surface area contributed by atoms with Gasteiger partial charge in [0, 0.05) is 12.1 Å². The number of ether oxygens (including phenoxy) is 1. The molecule has 0 radical (unpaired) electrons. The molecule has 0 heterocycles. The van der Waals surface area contributed by atoms with Crippen LogP contribution in [-0.4, -0.2) is 26.9 Å². The normalized spacial score (nSPS) is 11.0. The van der Waals surface area contributed by atoms with E-state index in [-0.39, 0.29) is 12.1 Å². The Morgan fingerprint density at radius 3 is 2.42 bits per heavy atom. The van der Waals surface area contributed by atoms with Gasteiger partial charge in [-0.25, -0.2) is 27.1 Å². The summed E-state index contributed by atoms with van der Waals surface area (Å²) in [6.07, 6.45) is 0. The fourth-order valence-corrected chi connectivity index (χ4v) is 2.47. The molecule has 0 saturated carbocycles. The predicted molar refractivity (Wildman–Crippen MR) is 86.3 cm³/mol. The number of hydrogen-bond donors (Lipinski definition) is 2. The van der Waals surface area contributed by atoms with Gasteiger partial charge >= 0.3 is 5.97 Å². The third-order valence-electron chi connectivity index (χ3n) is 3.25. The highest BCUT2D eigenvalue weighted by atomic mass is 32.2. The standard InChI is InChI=1S/C16H14F2N2O5S/c17-13-4-2-1-3-10(13)8-20-15(21)9-25-16(22)12-7-11(26(19,23)24)5-6-14(12)18/h1-7H,8-9H2,(H,20,21)(H2,19,23,24). The van der Waals surface area contributed by atoms with E-state index >= 15 is 0 Å². The first-order valence-corrected chi connectivity index (χ1v) is 8.72. The third-order valence-corrected chi connectivity index (χ3v) is 4.17. The zero-order valence-electron chi connectivity index (χ0n) is 13.2. The molecule has 0 aliphatic heterocycles. The second-order valence-corrected chi connectivity index (χ2v) is 6.69. The summed E-state index contributed by atoms with van der Waals surface area (Å²) in [5.74, 6) is -3.53. The molecule has 3 N–H and O–H groups in total. The molecule has 0 aromatic heterocycles. The van der Waals surface area contributed by atoms with Crippen LogP contribution in [0.2, 0.25) is 0 Å². The molecule has 0 atom stereocenters. The molecule has 0 bridgehead atoms. The summed E-state index contributed by atoms with van der Waals surface area (Å²) in [5.41, 5.74) is -0.447. The van der Waals surface area contributed by atoms with Crippen molar-refractivity contribution in [1.82, 2.24) is 5.32 Å². The molecule has 7 nitrogen and oxygen atoms in total. The van der Waals surface area contributed by atoms with E-state index in [4.69, 9.17) is 5.14 Å². The van der Waals surface area contributed by atoms with Crippen molar-refractivity contribution in [3.05, 3.63) is 65.2 Å². The van der Waals surface area contributed by atoms with Crippen molar-refractivity contribution in [2.24, 2.45) is 5.14 Å². The zero-order valence-corrected chi connectivity index (χ0v) is 14.1. The van der Waals surface area contributed by atoms with Gasteiger partial charge in [0.1, 0.15) is 11.6 Å². The van der Waals surface area contributed by atoms with Crippen LogP contribution in [0.25, 0.3) is 0 Å². The van der Waals surface area contributed by atoms with Gasteiger partial charge in [-0.05, 0) is 24.3 Å². The lowest BCUT2D eigenvalue weighted by molar-refractivity contribution is -0.124. The van der Waals surface area contributed by atoms with Gasteiger partial charge in [-0.15, -0.1) is 0 Å². The molecule has 2 aromatic carbocycles. The molecule has 2 rings (SSSR count). The number of nitrogens with one attached hydrogen (secondary N) is 1. The smallest absolute Gasteiger partial charge is 0.341 e. The highest BCUT2D eigenvalue weighted by molar-refractivity contribution is 7.89. The Labute approximate surface area is 147 Å². The minimum absolute atomic E-state index is 0.127. The van der Waals surface area contributed by atoms with Crippen LogP contribution in [0.15, 0.2) is 47.4 Å². The van der Waals surface area contributed by atoms with Crippen LogP contribution in [0, 0.1) is 11.6 Å². The zero-order chi connectivity index (χ0) is 19.3. The molecule has 0 saturated heterocycles. The number of halogens is 2. The molecular formula is C16H14F2N2O5S. The summed E-state index contributed by atoms with van der Waals surface area (Å²) in [4.78, 5) is 23.0. The Kier molecular flexibility index (Phi) is 6.01. The number of nitrogens with two attached hydrogens (primary N) is 1. The largest absolute Gasteiger partial charge is 0.452 e. The van der Waals surface area contributed by atoms with Gasteiger partial charge in [0.2, 0.25) is 10.0 Å². The molecule has 138 valence electrons. The molecule has 0 spiro atoms. The van der Waals surface area contributed by atoms with Crippen LogP contribution in [0.5, 0.6) is 0 Å². The Morgan fingerprint density at radius 2 is 1.77 bits per heavy atom.